The van der Waals surface area contributed by atoms with E-state index in [9.17, 15) is 33.6 Å². The van der Waals surface area contributed by atoms with Gasteiger partial charge in [0.2, 0.25) is 0 Å². The molecule has 6 N–H and O–H groups in total. The molecule has 1 aromatic carbocycles. The summed E-state index contributed by atoms with van der Waals surface area (Å²) in [5.74, 6) is 6.63. The van der Waals surface area contributed by atoms with Gasteiger partial charge in [-0.05, 0) is 237 Å². The summed E-state index contributed by atoms with van der Waals surface area (Å²) in [6.45, 7) is 26.4. The van der Waals surface area contributed by atoms with Gasteiger partial charge in [-0.1, -0.05) is 108 Å². The average molecular weight is 1020 g/mol. The second-order valence-corrected chi connectivity index (χ2v) is 30.7. The molecule has 0 aliphatic heterocycles. The monoisotopic (exact) mass is 1020 g/mol. The highest BCUT2D eigenvalue weighted by atomic mass is 32.2. The van der Waals surface area contributed by atoms with Crippen LogP contribution in [0.2, 0.25) is 0 Å². The molecule has 0 bridgehead atoms. The zero-order valence-electron chi connectivity index (χ0n) is 47.3. The van der Waals surface area contributed by atoms with Gasteiger partial charge in [-0.25, -0.2) is 8.42 Å². The van der Waals surface area contributed by atoms with E-state index in [-0.39, 0.29) is 57.3 Å². The molecule has 8 saturated carbocycles. The highest BCUT2D eigenvalue weighted by molar-refractivity contribution is 7.92. The number of benzene rings is 1. The van der Waals surface area contributed by atoms with Gasteiger partial charge in [-0.2, -0.15) is 0 Å². The van der Waals surface area contributed by atoms with Gasteiger partial charge < -0.3 is 26.2 Å². The first kappa shape index (κ1) is 56.8. The minimum absolute atomic E-state index is 0.0558. The minimum atomic E-state index is -3.64. The quantitative estimate of drug-likeness (QED) is 0.131. The standard InChI is InChI=1S/C38H60O5S.C25H45NO2/c1-8-29-33-22-26(39)18-20-38(33,7)32-19-21-37(6)30(16-17-31(37)34(32)35(29)41)24(2)10-9-11-27(40)23-44(42,43)28-14-12-25(13-15-28)36(3,4)5;1-5-17-21-14-16(27)8-11-25(21,4)20-9-12-24(3)18(15(2)10-13-26)6-7-19(24)22(20)23(17)28/h12-15,24,26,29-35,39,41H,8-11,16-23H2,1-7H3;15-23,27-28H,5-14,26H2,1-4H3/t24-,26-,29-,30-,31+,32+,33+,34+,35-,37-,38-;15-,16-,17-,18-,19+,20+,21+,22+,23-,24-,25-/m11/s1. The number of carbonyl (C=O) groups is 1. The van der Waals surface area contributed by atoms with Gasteiger partial charge in [-0.3, -0.25) is 4.79 Å². The molecule has 8 fully saturated rings. The van der Waals surface area contributed by atoms with E-state index in [4.69, 9.17) is 5.73 Å². The molecule has 0 aromatic heterocycles. The Morgan fingerprint density at radius 3 is 1.46 bits per heavy atom. The minimum Gasteiger partial charge on any atom is -0.393 e. The number of rotatable bonds is 13. The molecular formula is C63H105NO7S. The first-order chi connectivity index (χ1) is 33.8. The Bertz CT molecular complexity index is 2120. The number of nitrogens with two attached hydrogens (primary N) is 1. The average Bonchev–Trinajstić information content (AvgIpc) is 3.87. The Labute approximate surface area is 438 Å². The second kappa shape index (κ2) is 21.5. The van der Waals surface area contributed by atoms with Crippen LogP contribution in [0.3, 0.4) is 0 Å². The summed E-state index contributed by atoms with van der Waals surface area (Å²) < 4.78 is 25.9. The van der Waals surface area contributed by atoms with Gasteiger partial charge in [0.15, 0.2) is 9.84 Å². The molecule has 410 valence electrons. The van der Waals surface area contributed by atoms with E-state index in [0.29, 0.717) is 88.3 Å². The van der Waals surface area contributed by atoms with Crippen molar-refractivity contribution in [1.82, 2.24) is 0 Å². The van der Waals surface area contributed by atoms with Gasteiger partial charge in [0.1, 0.15) is 11.5 Å². The molecule has 9 rings (SSSR count). The van der Waals surface area contributed by atoms with Crippen molar-refractivity contribution in [3.63, 3.8) is 0 Å². The van der Waals surface area contributed by atoms with Crippen molar-refractivity contribution >= 4 is 15.6 Å². The number of fused-ring (bicyclic) bond motifs is 10. The molecule has 8 aliphatic carbocycles. The molecule has 0 radical (unpaired) electrons. The first-order valence-electron chi connectivity index (χ1n) is 30.1. The molecule has 9 heteroatoms. The van der Waals surface area contributed by atoms with Crippen LogP contribution in [-0.4, -0.2) is 71.3 Å². The van der Waals surface area contributed by atoms with Gasteiger partial charge in [0, 0.05) is 6.42 Å². The SMILES string of the molecule is CC[C@H]1[C@@H](O)[C@@H]2[C@H](CC[C@]3(C)[C@@H]([C@H](C)CCCC(=O)CS(=O)(=O)c4ccc(C(C)(C)C)cc4)CC[C@@H]23)[C@@]2(C)CC[C@@H](O)C[C@@H]12.CC[C@H]1[C@@H](O)[C@@H]2[C@H](CC[C@]3(C)[C@@H]([C@H](C)CCN)CC[C@@H]23)[C@@]2(C)CC[C@@H](O)C[C@@H]12. The number of aliphatic hydroxyl groups excluding tert-OH is 4. The molecule has 0 unspecified atom stereocenters. The van der Waals surface area contributed by atoms with Crippen LogP contribution < -0.4 is 5.73 Å². The van der Waals surface area contributed by atoms with Crippen LogP contribution in [0.15, 0.2) is 29.2 Å². The molecule has 22 atom stereocenters. The van der Waals surface area contributed by atoms with Crippen molar-refractivity contribution in [2.24, 2.45) is 110 Å². The van der Waals surface area contributed by atoms with Crippen LogP contribution in [0.1, 0.15) is 210 Å². The maximum atomic E-state index is 13.0. The fraction of sp³-hybridized carbons (Fsp3) is 0.889. The van der Waals surface area contributed by atoms with Crippen LogP contribution in [0.5, 0.6) is 0 Å². The van der Waals surface area contributed by atoms with Crippen molar-refractivity contribution < 1.29 is 33.6 Å². The maximum absolute atomic E-state index is 13.0. The molecule has 0 amide bonds. The van der Waals surface area contributed by atoms with Crippen molar-refractivity contribution in [2.45, 2.75) is 239 Å². The summed E-state index contributed by atoms with van der Waals surface area (Å²) in [6.07, 6.45) is 20.1. The lowest BCUT2D eigenvalue weighted by atomic mass is 9.41. The lowest BCUT2D eigenvalue weighted by Crippen LogP contribution is -2.62. The predicted molar refractivity (Wildman–Crippen MR) is 292 cm³/mol. The molecule has 8 nitrogen and oxygen atoms in total. The molecule has 0 saturated heterocycles. The van der Waals surface area contributed by atoms with E-state index in [1.807, 2.05) is 12.1 Å². The van der Waals surface area contributed by atoms with Crippen molar-refractivity contribution in [2.75, 3.05) is 12.3 Å². The molecule has 0 heterocycles. The number of Topliss-reactive ketones (excluding diaryl/α,β-unsaturated/α-hetero) is 1. The van der Waals surface area contributed by atoms with E-state index in [1.54, 1.807) is 12.1 Å². The van der Waals surface area contributed by atoms with Crippen LogP contribution >= 0.6 is 0 Å². The molecule has 1 aromatic rings. The number of hydrogen-bond acceptors (Lipinski definition) is 8. The van der Waals surface area contributed by atoms with Crippen molar-refractivity contribution in [3.05, 3.63) is 29.8 Å². The summed E-state index contributed by atoms with van der Waals surface area (Å²) >= 11 is 0. The number of ketones is 1. The maximum Gasteiger partial charge on any atom is 0.185 e. The number of aliphatic hydroxyl groups is 4. The zero-order chi connectivity index (χ0) is 52.5. The third-order valence-corrected chi connectivity index (χ3v) is 26.2. The van der Waals surface area contributed by atoms with Crippen LogP contribution in [0.4, 0.5) is 0 Å². The summed E-state index contributed by atoms with van der Waals surface area (Å²) in [6, 6.07) is 6.99. The zero-order valence-corrected chi connectivity index (χ0v) is 48.1. The first-order valence-corrected chi connectivity index (χ1v) is 31.7. The normalized spacial score (nSPS) is 45.4. The van der Waals surface area contributed by atoms with Gasteiger partial charge in [-0.15, -0.1) is 0 Å². The topological polar surface area (TPSA) is 158 Å². The second-order valence-electron chi connectivity index (χ2n) is 28.7. The Hall–Kier alpha value is -1.36. The Morgan fingerprint density at radius 1 is 0.625 bits per heavy atom. The van der Waals surface area contributed by atoms with Gasteiger partial charge in [0.05, 0.1) is 29.3 Å². The fourth-order valence-electron chi connectivity index (χ4n) is 20.7. The Morgan fingerprint density at radius 2 is 1.04 bits per heavy atom. The van der Waals surface area contributed by atoms with Crippen LogP contribution in [0.25, 0.3) is 0 Å². The number of sulfone groups is 1. The van der Waals surface area contributed by atoms with Crippen LogP contribution in [-0.2, 0) is 20.0 Å². The van der Waals surface area contributed by atoms with E-state index < -0.39 is 15.6 Å². The lowest BCUT2D eigenvalue weighted by Gasteiger charge is -2.64. The molecule has 8 aliphatic rings. The molecule has 72 heavy (non-hydrogen) atoms. The Balaban J connectivity index is 0.000000212. The van der Waals surface area contributed by atoms with Crippen LogP contribution in [0, 0.1) is 105 Å². The highest BCUT2D eigenvalue weighted by Gasteiger charge is 2.67. The highest BCUT2D eigenvalue weighted by Crippen LogP contribution is 2.71. The van der Waals surface area contributed by atoms with E-state index >= 15 is 0 Å². The number of carbonyl (C=O) groups excluding carboxylic acids is 1. The third kappa shape index (κ3) is 10.1. The van der Waals surface area contributed by atoms with E-state index in [0.717, 1.165) is 88.7 Å². The Kier molecular flexibility index (Phi) is 16.9. The molecular weight excluding hydrogens is 915 g/mol. The fourth-order valence-corrected chi connectivity index (χ4v) is 22.0. The molecule has 0 spiro atoms. The summed E-state index contributed by atoms with van der Waals surface area (Å²) in [4.78, 5) is 13.1. The predicted octanol–water partition coefficient (Wildman–Crippen LogP) is 12.4. The lowest BCUT2D eigenvalue weighted by molar-refractivity contribution is -0.203. The van der Waals surface area contributed by atoms with Gasteiger partial charge in [0.25, 0.3) is 0 Å². The third-order valence-electron chi connectivity index (χ3n) is 24.5. The van der Waals surface area contributed by atoms with E-state index in [2.05, 4.69) is 76.2 Å². The number of hydrogen-bond donors (Lipinski definition) is 5. The van der Waals surface area contributed by atoms with E-state index in [1.165, 1.54) is 51.4 Å². The summed E-state index contributed by atoms with van der Waals surface area (Å²) in [5, 5.41) is 44.6. The van der Waals surface area contributed by atoms with Crippen molar-refractivity contribution in [3.8, 4) is 0 Å². The van der Waals surface area contributed by atoms with Crippen molar-refractivity contribution in [1.29, 1.82) is 0 Å². The van der Waals surface area contributed by atoms with Gasteiger partial charge >= 0.3 is 0 Å². The smallest absolute Gasteiger partial charge is 0.185 e. The summed E-state index contributed by atoms with van der Waals surface area (Å²) in [7, 11) is -3.64. The summed E-state index contributed by atoms with van der Waals surface area (Å²) in [5.41, 5.74) is 8.03. The largest absolute Gasteiger partial charge is 0.393 e.